The van der Waals surface area contributed by atoms with Gasteiger partial charge in [0.05, 0.1) is 5.25 Å². The number of aromatic nitrogens is 2. The average Bonchev–Trinajstić information content (AvgIpc) is 2.84. The number of Topliss-reactive ketones (excluding diaryl/α,β-unsaturated/α-hetero) is 1. The highest BCUT2D eigenvalue weighted by atomic mass is 32.2. The van der Waals surface area contributed by atoms with Gasteiger partial charge in [-0.15, -0.1) is 10.2 Å². The van der Waals surface area contributed by atoms with E-state index in [1.165, 1.54) is 18.7 Å². The molecule has 0 fully saturated rings. The van der Waals surface area contributed by atoms with Crippen molar-refractivity contribution in [2.75, 3.05) is 5.32 Å². The van der Waals surface area contributed by atoms with Crippen molar-refractivity contribution in [1.82, 2.24) is 10.2 Å². The summed E-state index contributed by atoms with van der Waals surface area (Å²) in [5.41, 5.74) is 1.25. The molecule has 0 unspecified atom stereocenters. The second-order valence-electron chi connectivity index (χ2n) is 4.47. The van der Waals surface area contributed by atoms with Crippen molar-refractivity contribution in [1.29, 1.82) is 0 Å². The second kappa shape index (κ2) is 6.53. The van der Waals surface area contributed by atoms with Crippen molar-refractivity contribution < 1.29 is 14.0 Å². The summed E-state index contributed by atoms with van der Waals surface area (Å²) in [6.07, 6.45) is 0. The maximum absolute atomic E-state index is 12.1. The molecule has 110 valence electrons. The van der Waals surface area contributed by atoms with Gasteiger partial charge in [0.1, 0.15) is 0 Å². The van der Waals surface area contributed by atoms with Crippen molar-refractivity contribution in [3.8, 4) is 0 Å². The number of anilines is 1. The molecule has 1 amide bonds. The smallest absolute Gasteiger partial charge is 0.277 e. The molecule has 0 spiro atoms. The zero-order chi connectivity index (χ0) is 15.4. The highest BCUT2D eigenvalue weighted by molar-refractivity contribution is 8.00. The van der Waals surface area contributed by atoms with E-state index in [2.05, 4.69) is 15.5 Å². The minimum absolute atomic E-state index is 0.0106. The maximum atomic E-state index is 12.1. The molecule has 0 bridgehead atoms. The van der Waals surface area contributed by atoms with Crippen molar-refractivity contribution in [3.63, 3.8) is 0 Å². The summed E-state index contributed by atoms with van der Waals surface area (Å²) in [7, 11) is 0. The molecule has 1 heterocycles. The molecule has 1 aromatic carbocycles. The van der Waals surface area contributed by atoms with E-state index in [9.17, 15) is 9.59 Å². The number of amides is 1. The van der Waals surface area contributed by atoms with Gasteiger partial charge in [0.25, 0.3) is 5.22 Å². The zero-order valence-corrected chi connectivity index (χ0v) is 12.7. The molecule has 1 atom stereocenters. The first-order valence-corrected chi connectivity index (χ1v) is 7.22. The SMILES string of the molecule is CC(=O)c1ccc(NC(=O)[C@H](C)Sc2nnc(C)o2)cc1. The Morgan fingerprint density at radius 1 is 1.24 bits per heavy atom. The standard InChI is InChI=1S/C14H15N3O3S/c1-8(18)11-4-6-12(7-5-11)15-13(19)9(2)21-14-17-16-10(3)20-14/h4-7,9H,1-3H3,(H,15,19)/t9-/m0/s1. The third kappa shape index (κ3) is 4.16. The van der Waals surface area contributed by atoms with E-state index in [4.69, 9.17) is 4.42 Å². The minimum Gasteiger partial charge on any atom is -0.416 e. The van der Waals surface area contributed by atoms with Gasteiger partial charge in [-0.3, -0.25) is 9.59 Å². The second-order valence-corrected chi connectivity index (χ2v) is 5.76. The van der Waals surface area contributed by atoms with Gasteiger partial charge in [0, 0.05) is 18.2 Å². The number of hydrogen-bond donors (Lipinski definition) is 1. The lowest BCUT2D eigenvalue weighted by Gasteiger charge is -2.10. The van der Waals surface area contributed by atoms with Gasteiger partial charge in [-0.1, -0.05) is 11.8 Å². The Bertz CT molecular complexity index is 652. The summed E-state index contributed by atoms with van der Waals surface area (Å²) in [5.74, 6) is 0.278. The summed E-state index contributed by atoms with van der Waals surface area (Å²) in [6.45, 7) is 4.94. The topological polar surface area (TPSA) is 85.1 Å². The van der Waals surface area contributed by atoms with Crippen LogP contribution >= 0.6 is 11.8 Å². The van der Waals surface area contributed by atoms with E-state index in [1.54, 1.807) is 38.1 Å². The molecule has 2 aromatic rings. The van der Waals surface area contributed by atoms with Gasteiger partial charge in [-0.2, -0.15) is 0 Å². The fraction of sp³-hybridized carbons (Fsp3) is 0.286. The summed E-state index contributed by atoms with van der Waals surface area (Å²) >= 11 is 1.19. The number of carbonyl (C=O) groups is 2. The van der Waals surface area contributed by atoms with Crippen LogP contribution in [0.5, 0.6) is 0 Å². The largest absolute Gasteiger partial charge is 0.416 e. The highest BCUT2D eigenvalue weighted by Gasteiger charge is 2.17. The Morgan fingerprint density at radius 3 is 2.43 bits per heavy atom. The number of rotatable bonds is 5. The van der Waals surface area contributed by atoms with Gasteiger partial charge in [-0.25, -0.2) is 0 Å². The number of benzene rings is 1. The maximum Gasteiger partial charge on any atom is 0.277 e. The van der Waals surface area contributed by atoms with E-state index in [0.717, 1.165) is 0 Å². The van der Waals surface area contributed by atoms with Crippen LogP contribution in [0.2, 0.25) is 0 Å². The van der Waals surface area contributed by atoms with Crippen LogP contribution in [0, 0.1) is 6.92 Å². The molecule has 2 rings (SSSR count). The van der Waals surface area contributed by atoms with E-state index in [-0.39, 0.29) is 16.9 Å². The first-order chi connectivity index (χ1) is 9.95. The van der Waals surface area contributed by atoms with Gasteiger partial charge in [-0.05, 0) is 38.1 Å². The quantitative estimate of drug-likeness (QED) is 0.675. The lowest BCUT2D eigenvalue weighted by molar-refractivity contribution is -0.115. The Balaban J connectivity index is 1.95. The van der Waals surface area contributed by atoms with Crippen LogP contribution in [-0.4, -0.2) is 27.1 Å². The number of aryl methyl sites for hydroxylation is 1. The molecule has 21 heavy (non-hydrogen) atoms. The van der Waals surface area contributed by atoms with Crippen molar-refractivity contribution in [3.05, 3.63) is 35.7 Å². The fourth-order valence-electron chi connectivity index (χ4n) is 1.56. The van der Waals surface area contributed by atoms with Crippen LogP contribution in [0.15, 0.2) is 33.9 Å². The number of nitrogens with one attached hydrogen (secondary N) is 1. The van der Waals surface area contributed by atoms with E-state index in [0.29, 0.717) is 22.4 Å². The van der Waals surface area contributed by atoms with Crippen molar-refractivity contribution >= 4 is 29.1 Å². The summed E-state index contributed by atoms with van der Waals surface area (Å²) in [4.78, 5) is 23.2. The predicted octanol–water partition coefficient (Wildman–Crippen LogP) is 2.70. The van der Waals surface area contributed by atoms with E-state index in [1.807, 2.05) is 0 Å². The molecule has 6 nitrogen and oxygen atoms in total. The normalized spacial score (nSPS) is 12.0. The zero-order valence-electron chi connectivity index (χ0n) is 11.9. The first-order valence-electron chi connectivity index (χ1n) is 6.34. The van der Waals surface area contributed by atoms with Gasteiger partial charge in [0.15, 0.2) is 5.78 Å². The molecule has 1 aromatic heterocycles. The van der Waals surface area contributed by atoms with E-state index < -0.39 is 0 Å². The molecule has 0 aliphatic rings. The Kier molecular flexibility index (Phi) is 4.74. The molecule has 7 heteroatoms. The van der Waals surface area contributed by atoms with Gasteiger partial charge in [0.2, 0.25) is 11.8 Å². The molecule has 0 radical (unpaired) electrons. The molecule has 0 saturated carbocycles. The molecule has 1 N–H and O–H groups in total. The first kappa shape index (κ1) is 15.2. The molecular weight excluding hydrogens is 290 g/mol. The average molecular weight is 305 g/mol. The number of carbonyl (C=O) groups excluding carboxylic acids is 2. The van der Waals surface area contributed by atoms with Crippen molar-refractivity contribution in [2.45, 2.75) is 31.2 Å². The highest BCUT2D eigenvalue weighted by Crippen LogP contribution is 2.22. The number of hydrogen-bond acceptors (Lipinski definition) is 6. The summed E-state index contributed by atoms with van der Waals surface area (Å²) in [5, 5.41) is 10.3. The van der Waals surface area contributed by atoms with Crippen LogP contribution in [0.3, 0.4) is 0 Å². The Labute approximate surface area is 126 Å². The minimum atomic E-state index is -0.377. The number of nitrogens with zero attached hydrogens (tertiary/aromatic N) is 2. The van der Waals surface area contributed by atoms with Crippen LogP contribution in [0.4, 0.5) is 5.69 Å². The lowest BCUT2D eigenvalue weighted by atomic mass is 10.1. The molecule has 0 aliphatic heterocycles. The molecular formula is C14H15N3O3S. The third-order valence-corrected chi connectivity index (χ3v) is 3.65. The van der Waals surface area contributed by atoms with E-state index >= 15 is 0 Å². The fourth-order valence-corrected chi connectivity index (χ4v) is 2.29. The summed E-state index contributed by atoms with van der Waals surface area (Å²) < 4.78 is 5.22. The Hall–Kier alpha value is -2.15. The van der Waals surface area contributed by atoms with Crippen molar-refractivity contribution in [2.24, 2.45) is 0 Å². The van der Waals surface area contributed by atoms with Crippen LogP contribution in [-0.2, 0) is 4.79 Å². The van der Waals surface area contributed by atoms with Gasteiger partial charge >= 0.3 is 0 Å². The lowest BCUT2D eigenvalue weighted by Crippen LogP contribution is -2.22. The number of thioether (sulfide) groups is 1. The number of ketones is 1. The van der Waals surface area contributed by atoms with Crippen LogP contribution in [0.25, 0.3) is 0 Å². The van der Waals surface area contributed by atoms with Gasteiger partial charge < -0.3 is 9.73 Å². The predicted molar refractivity (Wildman–Crippen MR) is 79.4 cm³/mol. The third-order valence-electron chi connectivity index (χ3n) is 2.71. The van der Waals surface area contributed by atoms with Crippen LogP contribution < -0.4 is 5.32 Å². The van der Waals surface area contributed by atoms with Crippen LogP contribution in [0.1, 0.15) is 30.1 Å². The molecule has 0 saturated heterocycles. The Morgan fingerprint density at radius 2 is 1.90 bits per heavy atom. The summed E-state index contributed by atoms with van der Waals surface area (Å²) in [6, 6.07) is 6.75. The monoisotopic (exact) mass is 305 g/mol. The molecule has 0 aliphatic carbocycles.